The zero-order valence-electron chi connectivity index (χ0n) is 13.0. The Labute approximate surface area is 143 Å². The first-order chi connectivity index (χ1) is 11.3. The second kappa shape index (κ2) is 6.13. The van der Waals surface area contributed by atoms with Crippen LogP contribution in [0.5, 0.6) is 0 Å². The van der Waals surface area contributed by atoms with Crippen molar-refractivity contribution in [3.8, 4) is 5.69 Å². The monoisotopic (exact) mass is 342 g/mol. The third-order valence-corrected chi connectivity index (χ3v) is 6.31. The second-order valence-corrected chi connectivity index (χ2v) is 8.01. The van der Waals surface area contributed by atoms with E-state index >= 15 is 0 Å². The molecule has 1 aliphatic rings. The highest BCUT2D eigenvalue weighted by atomic mass is 32.2. The summed E-state index contributed by atoms with van der Waals surface area (Å²) < 4.78 is 2.16. The van der Waals surface area contributed by atoms with Crippen LogP contribution in [-0.2, 0) is 12.8 Å². The summed E-state index contributed by atoms with van der Waals surface area (Å²) in [6.07, 6.45) is 4.25. The van der Waals surface area contributed by atoms with Crippen molar-refractivity contribution in [1.29, 1.82) is 0 Å². The van der Waals surface area contributed by atoms with Gasteiger partial charge in [0.15, 0.2) is 5.16 Å². The Morgan fingerprint density at radius 3 is 2.78 bits per heavy atom. The Kier molecular flexibility index (Phi) is 3.99. The molecule has 118 valence electrons. The molecule has 1 aromatic carbocycles. The predicted molar refractivity (Wildman–Crippen MR) is 98.3 cm³/mol. The summed E-state index contributed by atoms with van der Waals surface area (Å²) in [4.78, 5) is 19.9. The van der Waals surface area contributed by atoms with Crippen LogP contribution in [0.2, 0.25) is 0 Å². The van der Waals surface area contributed by atoms with Crippen molar-refractivity contribution >= 4 is 33.4 Å². The van der Waals surface area contributed by atoms with Crippen molar-refractivity contribution in [2.75, 3.05) is 5.75 Å². The van der Waals surface area contributed by atoms with Gasteiger partial charge in [0.05, 0.1) is 0 Å². The van der Waals surface area contributed by atoms with Crippen LogP contribution in [-0.4, -0.2) is 15.3 Å². The molecule has 0 aliphatic heterocycles. The minimum atomic E-state index is 0.154. The number of hydrogen-bond donors (Lipinski definition) is 0. The molecule has 23 heavy (non-hydrogen) atoms. The van der Waals surface area contributed by atoms with Crippen molar-refractivity contribution in [2.45, 2.75) is 37.8 Å². The number of thioether (sulfide) groups is 1. The quantitative estimate of drug-likeness (QED) is 0.660. The molecule has 4 rings (SSSR count). The summed E-state index contributed by atoms with van der Waals surface area (Å²) in [5, 5.41) is 0.921. The summed E-state index contributed by atoms with van der Waals surface area (Å²) >= 11 is 3.45. The third-order valence-electron chi connectivity index (χ3n) is 4.22. The summed E-state index contributed by atoms with van der Waals surface area (Å²) in [5.74, 6) is 0.939. The molecular weight excluding hydrogens is 324 g/mol. The molecule has 0 saturated carbocycles. The van der Waals surface area contributed by atoms with Crippen molar-refractivity contribution in [1.82, 2.24) is 9.55 Å². The molecular formula is C18H18N2OS2. The molecule has 0 bridgehead atoms. The minimum Gasteiger partial charge on any atom is -0.287 e. The van der Waals surface area contributed by atoms with Crippen molar-refractivity contribution in [2.24, 2.45) is 0 Å². The van der Waals surface area contributed by atoms with Crippen LogP contribution in [0.15, 0.2) is 40.3 Å². The lowest BCUT2D eigenvalue weighted by Crippen LogP contribution is -2.15. The molecule has 0 amide bonds. The van der Waals surface area contributed by atoms with Crippen LogP contribution < -0.4 is 5.43 Å². The normalized spacial score (nSPS) is 14.1. The SMILES string of the molecule is CCSc1nc2c(=O)c3c(sc2n1-c1ccccc1)CCCC3. The van der Waals surface area contributed by atoms with Crippen molar-refractivity contribution in [3.05, 3.63) is 51.0 Å². The molecule has 2 aromatic heterocycles. The zero-order chi connectivity index (χ0) is 15.8. The largest absolute Gasteiger partial charge is 0.287 e. The molecule has 0 N–H and O–H groups in total. The van der Waals surface area contributed by atoms with Crippen LogP contribution in [0.3, 0.4) is 0 Å². The predicted octanol–water partition coefficient (Wildman–Crippen LogP) is 4.44. The molecule has 0 fully saturated rings. The topological polar surface area (TPSA) is 34.9 Å². The van der Waals surface area contributed by atoms with Gasteiger partial charge in [0.25, 0.3) is 0 Å². The fraction of sp³-hybridized carbons (Fsp3) is 0.333. The van der Waals surface area contributed by atoms with E-state index in [1.807, 2.05) is 18.2 Å². The van der Waals surface area contributed by atoms with Gasteiger partial charge in [-0.2, -0.15) is 0 Å². The van der Waals surface area contributed by atoms with Gasteiger partial charge in [-0.05, 0) is 43.6 Å². The maximum atomic E-state index is 12.9. The Bertz CT molecular complexity index is 912. The van der Waals surface area contributed by atoms with E-state index in [1.54, 1.807) is 23.1 Å². The van der Waals surface area contributed by atoms with Gasteiger partial charge >= 0.3 is 0 Å². The standard InChI is InChI=1S/C18H18N2OS2/c1-2-22-18-19-15-16(21)13-10-6-7-11-14(13)23-17(15)20(18)12-8-4-3-5-9-12/h3-5,8-9H,2,6-7,10-11H2,1H3. The number of benzene rings is 1. The molecule has 3 aromatic rings. The Morgan fingerprint density at radius 1 is 1.22 bits per heavy atom. The van der Waals surface area contributed by atoms with E-state index in [-0.39, 0.29) is 5.43 Å². The highest BCUT2D eigenvalue weighted by molar-refractivity contribution is 7.99. The summed E-state index contributed by atoms with van der Waals surface area (Å²) in [5.41, 5.74) is 2.90. The van der Waals surface area contributed by atoms with E-state index in [0.29, 0.717) is 5.52 Å². The molecule has 3 nitrogen and oxygen atoms in total. The number of rotatable bonds is 3. The first kappa shape index (κ1) is 15.0. The van der Waals surface area contributed by atoms with Crippen LogP contribution >= 0.6 is 23.1 Å². The fourth-order valence-corrected chi connectivity index (χ4v) is 5.26. The molecule has 5 heteroatoms. The van der Waals surface area contributed by atoms with E-state index in [2.05, 4.69) is 23.6 Å². The highest BCUT2D eigenvalue weighted by Crippen LogP contribution is 2.33. The van der Waals surface area contributed by atoms with Gasteiger partial charge in [-0.25, -0.2) is 4.98 Å². The van der Waals surface area contributed by atoms with Gasteiger partial charge in [0, 0.05) is 16.1 Å². The van der Waals surface area contributed by atoms with Crippen LogP contribution in [0.25, 0.3) is 16.0 Å². The fourth-order valence-electron chi connectivity index (χ4n) is 3.15. The second-order valence-electron chi connectivity index (χ2n) is 5.69. The van der Waals surface area contributed by atoms with Gasteiger partial charge in [-0.1, -0.05) is 36.9 Å². The molecule has 0 atom stereocenters. The number of nitrogens with zero attached hydrogens (tertiary/aromatic N) is 2. The molecule has 0 spiro atoms. The van der Waals surface area contributed by atoms with Crippen LogP contribution in [0.1, 0.15) is 30.2 Å². The molecule has 0 radical (unpaired) electrons. The van der Waals surface area contributed by atoms with Crippen LogP contribution in [0, 0.1) is 0 Å². The van der Waals surface area contributed by atoms with Gasteiger partial charge in [0.1, 0.15) is 10.3 Å². The van der Waals surface area contributed by atoms with E-state index < -0.39 is 0 Å². The van der Waals surface area contributed by atoms with Crippen LogP contribution in [0.4, 0.5) is 0 Å². The van der Waals surface area contributed by atoms with E-state index in [0.717, 1.165) is 46.3 Å². The Morgan fingerprint density at radius 2 is 2.00 bits per heavy atom. The number of aromatic nitrogens is 2. The number of imidazole rings is 1. The number of aryl methyl sites for hydroxylation is 1. The summed E-state index contributed by atoms with van der Waals surface area (Å²) in [6, 6.07) is 10.2. The smallest absolute Gasteiger partial charge is 0.211 e. The summed E-state index contributed by atoms with van der Waals surface area (Å²) in [6.45, 7) is 2.12. The minimum absolute atomic E-state index is 0.154. The highest BCUT2D eigenvalue weighted by Gasteiger charge is 2.22. The van der Waals surface area contributed by atoms with Crippen molar-refractivity contribution < 1.29 is 0 Å². The molecule has 0 saturated heterocycles. The number of para-hydroxylation sites is 1. The average Bonchev–Trinajstić information content (AvgIpc) is 2.95. The molecule has 1 aliphatic carbocycles. The van der Waals surface area contributed by atoms with E-state index in [4.69, 9.17) is 4.98 Å². The van der Waals surface area contributed by atoms with E-state index in [1.165, 1.54) is 11.3 Å². The molecule has 2 heterocycles. The summed E-state index contributed by atoms with van der Waals surface area (Å²) in [7, 11) is 0. The number of fused-ring (bicyclic) bond motifs is 2. The number of hydrogen-bond acceptors (Lipinski definition) is 4. The van der Waals surface area contributed by atoms with E-state index in [9.17, 15) is 4.79 Å². The Hall–Kier alpha value is -1.59. The zero-order valence-corrected chi connectivity index (χ0v) is 14.7. The van der Waals surface area contributed by atoms with Gasteiger partial charge in [0.2, 0.25) is 5.43 Å². The van der Waals surface area contributed by atoms with Gasteiger partial charge < -0.3 is 0 Å². The first-order valence-electron chi connectivity index (χ1n) is 8.05. The van der Waals surface area contributed by atoms with Crippen molar-refractivity contribution in [3.63, 3.8) is 0 Å². The lowest BCUT2D eigenvalue weighted by atomic mass is 9.98. The third kappa shape index (κ3) is 2.52. The maximum absolute atomic E-state index is 12.9. The first-order valence-corrected chi connectivity index (χ1v) is 9.85. The average molecular weight is 342 g/mol. The maximum Gasteiger partial charge on any atom is 0.211 e. The van der Waals surface area contributed by atoms with Gasteiger partial charge in [-0.15, -0.1) is 11.3 Å². The lowest BCUT2D eigenvalue weighted by Gasteiger charge is -2.14. The van der Waals surface area contributed by atoms with Gasteiger partial charge in [-0.3, -0.25) is 9.36 Å². The molecule has 0 unspecified atom stereocenters. The Balaban J connectivity index is 2.05. The lowest BCUT2D eigenvalue weighted by molar-refractivity contribution is 0.692.